The number of halogens is 4. The Kier molecular flexibility index (Phi) is 7.06. The highest BCUT2D eigenvalue weighted by Gasteiger charge is 2.34. The highest BCUT2D eigenvalue weighted by atomic mass is 32.2. The van der Waals surface area contributed by atoms with Crippen molar-refractivity contribution in [2.45, 2.75) is 31.3 Å². The first-order chi connectivity index (χ1) is 13.9. The van der Waals surface area contributed by atoms with Crippen LogP contribution in [-0.2, 0) is 16.6 Å². The van der Waals surface area contributed by atoms with Crippen LogP contribution in [0.2, 0.25) is 0 Å². The first-order valence-electron chi connectivity index (χ1n) is 8.41. The molecule has 0 aliphatic carbocycles. The van der Waals surface area contributed by atoms with Crippen LogP contribution in [0, 0.1) is 23.3 Å². The summed E-state index contributed by atoms with van der Waals surface area (Å²) in [7, 11) is -3.56. The maximum absolute atomic E-state index is 14.1. The zero-order valence-electron chi connectivity index (χ0n) is 16.0. The van der Waals surface area contributed by atoms with Crippen LogP contribution in [0.3, 0.4) is 0 Å². The maximum Gasteiger partial charge on any atom is 0.274 e. The predicted molar refractivity (Wildman–Crippen MR) is 96.4 cm³/mol. The minimum absolute atomic E-state index is 0.00535. The summed E-state index contributed by atoms with van der Waals surface area (Å²) in [6, 6.07) is 3.09. The van der Waals surface area contributed by atoms with Crippen molar-refractivity contribution in [2.24, 2.45) is 0 Å². The van der Waals surface area contributed by atoms with Crippen LogP contribution in [0.15, 0.2) is 29.2 Å². The van der Waals surface area contributed by atoms with Gasteiger partial charge in [-0.2, -0.15) is 4.31 Å². The van der Waals surface area contributed by atoms with Crippen LogP contribution >= 0.6 is 0 Å². The Bertz CT molecular complexity index is 1080. The van der Waals surface area contributed by atoms with Crippen molar-refractivity contribution >= 4 is 15.9 Å². The molecule has 1 amide bonds. The molecule has 30 heavy (non-hydrogen) atoms. The largest absolute Gasteiger partial charge is 0.496 e. The highest BCUT2D eigenvalue weighted by molar-refractivity contribution is 7.89. The normalized spacial score (nSPS) is 11.8. The number of nitrogens with zero attached hydrogens (tertiary/aromatic N) is 1. The van der Waals surface area contributed by atoms with Gasteiger partial charge in [0, 0.05) is 29.8 Å². The Morgan fingerprint density at radius 3 is 2.30 bits per heavy atom. The van der Waals surface area contributed by atoms with Gasteiger partial charge in [0.25, 0.3) is 5.91 Å². The highest BCUT2D eigenvalue weighted by Crippen LogP contribution is 2.30. The molecule has 0 radical (unpaired) electrons. The van der Waals surface area contributed by atoms with Gasteiger partial charge in [0.15, 0.2) is 23.3 Å². The average Bonchev–Trinajstić information content (AvgIpc) is 2.71. The monoisotopic (exact) mass is 450 g/mol. The molecule has 164 valence electrons. The average molecular weight is 450 g/mol. The molecule has 2 N–H and O–H groups in total. The summed E-state index contributed by atoms with van der Waals surface area (Å²) in [4.78, 5) is 10.2. The minimum atomic E-state index is -4.81. The van der Waals surface area contributed by atoms with E-state index in [0.717, 1.165) is 4.31 Å². The van der Waals surface area contributed by atoms with Crippen LogP contribution < -0.4 is 10.2 Å². The van der Waals surface area contributed by atoms with E-state index in [2.05, 4.69) is 0 Å². The van der Waals surface area contributed by atoms with Gasteiger partial charge in [0.2, 0.25) is 10.0 Å². The van der Waals surface area contributed by atoms with Gasteiger partial charge in [-0.25, -0.2) is 31.5 Å². The number of rotatable bonds is 7. The summed E-state index contributed by atoms with van der Waals surface area (Å²) in [5, 5.41) is 8.71. The van der Waals surface area contributed by atoms with E-state index in [1.54, 1.807) is 0 Å². The molecule has 2 aromatic rings. The summed E-state index contributed by atoms with van der Waals surface area (Å²) in [6.07, 6.45) is 0. The number of amides is 1. The van der Waals surface area contributed by atoms with Crippen molar-refractivity contribution in [1.29, 1.82) is 0 Å². The number of nitrogens with one attached hydrogen (secondary N) is 1. The van der Waals surface area contributed by atoms with E-state index in [1.807, 2.05) is 0 Å². The Hall–Kier alpha value is -2.70. The van der Waals surface area contributed by atoms with Crippen LogP contribution in [0.25, 0.3) is 0 Å². The number of hydrogen-bond donors (Lipinski definition) is 2. The summed E-state index contributed by atoms with van der Waals surface area (Å²) in [6.45, 7) is 2.45. The first-order valence-corrected chi connectivity index (χ1v) is 9.85. The number of ether oxygens (including phenoxy) is 1. The van der Waals surface area contributed by atoms with Crippen molar-refractivity contribution in [2.75, 3.05) is 7.11 Å². The quantitative estimate of drug-likeness (QED) is 0.222. The van der Waals surface area contributed by atoms with E-state index in [4.69, 9.17) is 9.94 Å². The van der Waals surface area contributed by atoms with Crippen molar-refractivity contribution in [3.63, 3.8) is 0 Å². The molecule has 12 heteroatoms. The third-order valence-electron chi connectivity index (χ3n) is 4.21. The second-order valence-electron chi connectivity index (χ2n) is 6.41. The van der Waals surface area contributed by atoms with E-state index >= 15 is 0 Å². The summed E-state index contributed by atoms with van der Waals surface area (Å²) >= 11 is 0. The van der Waals surface area contributed by atoms with Crippen molar-refractivity contribution < 1.29 is 40.7 Å². The first kappa shape index (κ1) is 23.6. The molecular formula is C18H18F4N2O5S. The number of benzene rings is 2. The van der Waals surface area contributed by atoms with Gasteiger partial charge in [0.05, 0.1) is 7.11 Å². The number of hydroxylamine groups is 1. The minimum Gasteiger partial charge on any atom is -0.496 e. The maximum atomic E-state index is 14.1. The van der Waals surface area contributed by atoms with Gasteiger partial charge in [-0.1, -0.05) is 6.07 Å². The van der Waals surface area contributed by atoms with Gasteiger partial charge in [-0.05, 0) is 26.0 Å². The van der Waals surface area contributed by atoms with Gasteiger partial charge in [-0.3, -0.25) is 10.0 Å². The molecule has 0 aliphatic rings. The van der Waals surface area contributed by atoms with Crippen molar-refractivity contribution in [3.05, 3.63) is 58.7 Å². The van der Waals surface area contributed by atoms with Crippen LogP contribution in [0.4, 0.5) is 17.6 Å². The fourth-order valence-corrected chi connectivity index (χ4v) is 4.34. The molecule has 0 bridgehead atoms. The Labute approximate surface area is 169 Å². The molecule has 0 atom stereocenters. The second-order valence-corrected chi connectivity index (χ2v) is 8.27. The van der Waals surface area contributed by atoms with Gasteiger partial charge in [0.1, 0.15) is 10.6 Å². The Morgan fingerprint density at radius 2 is 1.77 bits per heavy atom. The summed E-state index contributed by atoms with van der Waals surface area (Å²) in [5.74, 6) is -9.03. The molecule has 0 spiro atoms. The zero-order chi connectivity index (χ0) is 22.8. The molecular weight excluding hydrogens is 432 g/mol. The molecule has 0 aromatic heterocycles. The number of hydrogen-bond acceptors (Lipinski definition) is 5. The zero-order valence-corrected chi connectivity index (χ0v) is 16.9. The number of methoxy groups -OCH3 is 1. The lowest BCUT2D eigenvalue weighted by atomic mass is 10.1. The van der Waals surface area contributed by atoms with Crippen molar-refractivity contribution in [3.8, 4) is 5.75 Å². The van der Waals surface area contributed by atoms with Gasteiger partial charge < -0.3 is 4.74 Å². The third kappa shape index (κ3) is 4.40. The van der Waals surface area contributed by atoms with E-state index in [-0.39, 0.29) is 22.9 Å². The smallest absolute Gasteiger partial charge is 0.274 e. The molecule has 0 heterocycles. The molecule has 0 unspecified atom stereocenters. The van der Waals surface area contributed by atoms with E-state index < -0.39 is 56.7 Å². The van der Waals surface area contributed by atoms with E-state index in [1.165, 1.54) is 44.6 Å². The Morgan fingerprint density at radius 1 is 1.13 bits per heavy atom. The number of carbonyl (C=O) groups is 1. The molecule has 0 fully saturated rings. The standard InChI is InChI=1S/C18H18F4N2O5S/c1-9(2)24(8-11-5-4-10(18(25)23-26)6-13(11)29-3)30(27,28)14-7-12(19)15(20)17(22)16(14)21/h4-7,9,26H,8H2,1-3H3,(H,23,25). The number of sulfonamides is 1. The topological polar surface area (TPSA) is 95.9 Å². The summed E-state index contributed by atoms with van der Waals surface area (Å²) < 4.78 is 86.3. The van der Waals surface area contributed by atoms with Crippen molar-refractivity contribution in [1.82, 2.24) is 9.79 Å². The lowest BCUT2D eigenvalue weighted by Crippen LogP contribution is -2.37. The lowest BCUT2D eigenvalue weighted by molar-refractivity contribution is 0.0706. The van der Waals surface area contributed by atoms with Gasteiger partial charge >= 0.3 is 0 Å². The summed E-state index contributed by atoms with van der Waals surface area (Å²) in [5.41, 5.74) is 1.67. The van der Waals surface area contributed by atoms with E-state index in [0.29, 0.717) is 0 Å². The molecule has 2 rings (SSSR count). The fraction of sp³-hybridized carbons (Fsp3) is 0.278. The molecule has 7 nitrogen and oxygen atoms in total. The SMILES string of the molecule is COc1cc(C(=O)NO)ccc1CN(C(C)C)S(=O)(=O)c1cc(F)c(F)c(F)c1F. The molecule has 0 aliphatic heterocycles. The number of carbonyl (C=O) groups excluding carboxylic acids is 1. The second kappa shape index (κ2) is 8.98. The predicted octanol–water partition coefficient (Wildman–Crippen LogP) is 2.97. The van der Waals surface area contributed by atoms with E-state index in [9.17, 15) is 30.8 Å². The fourth-order valence-electron chi connectivity index (χ4n) is 2.66. The molecule has 2 aromatic carbocycles. The van der Waals surface area contributed by atoms with Crippen LogP contribution in [0.1, 0.15) is 29.8 Å². The molecule has 0 saturated carbocycles. The van der Waals surface area contributed by atoms with Gasteiger partial charge in [-0.15, -0.1) is 0 Å². The lowest BCUT2D eigenvalue weighted by Gasteiger charge is -2.27. The molecule has 0 saturated heterocycles. The Balaban J connectivity index is 2.55. The van der Waals surface area contributed by atoms with Crippen LogP contribution in [-0.4, -0.2) is 37.0 Å². The third-order valence-corrected chi connectivity index (χ3v) is 6.23. The van der Waals surface area contributed by atoms with Crippen LogP contribution in [0.5, 0.6) is 5.75 Å².